The van der Waals surface area contributed by atoms with Crippen LogP contribution in [-0.4, -0.2) is 34.2 Å². The maximum absolute atomic E-state index is 12.3. The lowest BCUT2D eigenvalue weighted by Crippen LogP contribution is -2.30. The lowest BCUT2D eigenvalue weighted by Gasteiger charge is -2.26. The largest absolute Gasteiger partial charge is 0.493 e. The molecule has 1 aliphatic rings. The van der Waals surface area contributed by atoms with E-state index in [2.05, 4.69) is 44.7 Å². The molecule has 0 fully saturated rings. The Kier molecular flexibility index (Phi) is 6.44. The van der Waals surface area contributed by atoms with E-state index in [-0.39, 0.29) is 5.91 Å². The average Bonchev–Trinajstić information content (AvgIpc) is 3.15. The number of para-hydroxylation sites is 1. The van der Waals surface area contributed by atoms with Crippen LogP contribution in [0.25, 0.3) is 0 Å². The molecule has 1 aromatic heterocycles. The number of nitrogens with one attached hydrogen (secondary N) is 2. The topological polar surface area (TPSA) is 70.2 Å². The van der Waals surface area contributed by atoms with Gasteiger partial charge in [-0.25, -0.2) is 0 Å². The number of hydrogen-bond donors (Lipinski definition) is 2. The molecule has 0 saturated carbocycles. The predicted molar refractivity (Wildman–Crippen MR) is 117 cm³/mol. The number of anilines is 1. The van der Waals surface area contributed by atoms with E-state index in [0.717, 1.165) is 48.6 Å². The molecule has 0 spiro atoms. The van der Waals surface area contributed by atoms with Gasteiger partial charge in [0.15, 0.2) is 5.82 Å². The summed E-state index contributed by atoms with van der Waals surface area (Å²) < 4.78 is 5.77. The molecule has 2 aromatic carbocycles. The second-order valence-electron chi connectivity index (χ2n) is 7.74. The fourth-order valence-corrected chi connectivity index (χ4v) is 3.78. The lowest BCUT2D eigenvalue weighted by molar-refractivity contribution is -0.116. The van der Waals surface area contributed by atoms with E-state index in [1.54, 1.807) is 0 Å². The van der Waals surface area contributed by atoms with E-state index in [1.165, 1.54) is 5.56 Å². The first-order valence-corrected chi connectivity index (χ1v) is 10.5. The van der Waals surface area contributed by atoms with Crippen LogP contribution >= 0.6 is 0 Å². The fraction of sp³-hybridized carbons (Fsp3) is 0.333. The number of hydrogen-bond acceptors (Lipinski definition) is 4. The normalized spacial score (nSPS) is 13.6. The molecule has 6 heteroatoms. The van der Waals surface area contributed by atoms with Gasteiger partial charge in [0.2, 0.25) is 5.91 Å². The van der Waals surface area contributed by atoms with Gasteiger partial charge in [-0.05, 0) is 37.0 Å². The molecule has 0 bridgehead atoms. The van der Waals surface area contributed by atoms with Crippen LogP contribution < -0.4 is 10.1 Å². The van der Waals surface area contributed by atoms with Crippen LogP contribution in [0.15, 0.2) is 54.6 Å². The van der Waals surface area contributed by atoms with Crippen molar-refractivity contribution in [1.29, 1.82) is 0 Å². The zero-order chi connectivity index (χ0) is 20.8. The van der Waals surface area contributed by atoms with Crippen LogP contribution in [0.5, 0.6) is 5.75 Å². The molecule has 3 aromatic rings. The molecule has 1 amide bonds. The predicted octanol–water partition coefficient (Wildman–Crippen LogP) is 4.07. The molecule has 0 aliphatic carbocycles. The van der Waals surface area contributed by atoms with Gasteiger partial charge in [0.05, 0.1) is 12.3 Å². The maximum Gasteiger partial charge on any atom is 0.225 e. The van der Waals surface area contributed by atoms with E-state index in [4.69, 9.17) is 4.74 Å². The molecular formula is C24H28N4O2. The minimum atomic E-state index is -0.0237. The van der Waals surface area contributed by atoms with Crippen molar-refractivity contribution in [3.8, 4) is 5.75 Å². The summed E-state index contributed by atoms with van der Waals surface area (Å²) >= 11 is 0. The molecule has 0 radical (unpaired) electrons. The highest BCUT2D eigenvalue weighted by molar-refractivity contribution is 5.90. The Labute approximate surface area is 177 Å². The number of aryl methyl sites for hydroxylation is 1. The summed E-state index contributed by atoms with van der Waals surface area (Å²) in [6.07, 6.45) is 1.95. The van der Waals surface area contributed by atoms with E-state index in [1.807, 2.05) is 37.3 Å². The highest BCUT2D eigenvalue weighted by Gasteiger charge is 2.22. The summed E-state index contributed by atoms with van der Waals surface area (Å²) in [6.45, 7) is 5.23. The SMILES string of the molecule is Cc1ccccc1OCCCC(=O)Nc1n[nH]c2c1CCN(Cc1ccccc1)C2. The molecule has 0 atom stereocenters. The molecule has 4 rings (SSSR count). The molecule has 0 unspecified atom stereocenters. The molecule has 0 saturated heterocycles. The lowest BCUT2D eigenvalue weighted by atomic mass is 10.1. The Balaban J connectivity index is 1.24. The van der Waals surface area contributed by atoms with Crippen molar-refractivity contribution in [3.05, 3.63) is 77.0 Å². The quantitative estimate of drug-likeness (QED) is 0.555. The first-order valence-electron chi connectivity index (χ1n) is 10.5. The third kappa shape index (κ3) is 5.07. The fourth-order valence-electron chi connectivity index (χ4n) is 3.78. The van der Waals surface area contributed by atoms with Gasteiger partial charge in [0.25, 0.3) is 0 Å². The number of rotatable bonds is 8. The summed E-state index contributed by atoms with van der Waals surface area (Å²) in [4.78, 5) is 14.7. The van der Waals surface area contributed by atoms with Gasteiger partial charge in [-0.3, -0.25) is 14.8 Å². The number of aromatic nitrogens is 2. The van der Waals surface area contributed by atoms with Gasteiger partial charge >= 0.3 is 0 Å². The summed E-state index contributed by atoms with van der Waals surface area (Å²) in [5, 5.41) is 10.4. The summed E-state index contributed by atoms with van der Waals surface area (Å²) in [7, 11) is 0. The Bertz CT molecular complexity index is 984. The zero-order valence-electron chi connectivity index (χ0n) is 17.4. The highest BCUT2D eigenvalue weighted by Crippen LogP contribution is 2.25. The molecule has 2 N–H and O–H groups in total. The Morgan fingerprint density at radius 3 is 2.80 bits per heavy atom. The third-order valence-electron chi connectivity index (χ3n) is 5.42. The zero-order valence-corrected chi connectivity index (χ0v) is 17.4. The molecule has 2 heterocycles. The Morgan fingerprint density at radius 2 is 1.97 bits per heavy atom. The minimum absolute atomic E-state index is 0.0237. The van der Waals surface area contributed by atoms with E-state index in [9.17, 15) is 4.79 Å². The van der Waals surface area contributed by atoms with Crippen molar-refractivity contribution in [2.24, 2.45) is 0 Å². The Hall–Kier alpha value is -3.12. The van der Waals surface area contributed by atoms with Crippen LogP contribution in [0.1, 0.15) is 35.2 Å². The molecule has 1 aliphatic heterocycles. The minimum Gasteiger partial charge on any atom is -0.493 e. The standard InChI is InChI=1S/C24H28N4O2/c1-18-8-5-6-11-22(18)30-15-7-12-23(29)25-24-20-13-14-28(17-21(20)26-27-24)16-19-9-3-2-4-10-19/h2-6,8-11H,7,12-17H2,1H3,(H2,25,26,27,29). The number of H-pyrrole nitrogens is 1. The molecular weight excluding hydrogens is 376 g/mol. The van der Waals surface area contributed by atoms with Gasteiger partial charge in [-0.2, -0.15) is 5.10 Å². The van der Waals surface area contributed by atoms with Crippen molar-refractivity contribution < 1.29 is 9.53 Å². The highest BCUT2D eigenvalue weighted by atomic mass is 16.5. The third-order valence-corrected chi connectivity index (χ3v) is 5.42. The van der Waals surface area contributed by atoms with E-state index < -0.39 is 0 Å². The van der Waals surface area contributed by atoms with Crippen LogP contribution in [0.3, 0.4) is 0 Å². The smallest absolute Gasteiger partial charge is 0.225 e. The van der Waals surface area contributed by atoms with Crippen LogP contribution in [0.4, 0.5) is 5.82 Å². The molecule has 6 nitrogen and oxygen atoms in total. The first kappa shape index (κ1) is 20.2. The number of amides is 1. The van der Waals surface area contributed by atoms with Crippen LogP contribution in [0.2, 0.25) is 0 Å². The number of ether oxygens (including phenoxy) is 1. The Morgan fingerprint density at radius 1 is 1.17 bits per heavy atom. The molecule has 156 valence electrons. The number of carbonyl (C=O) groups is 1. The monoisotopic (exact) mass is 404 g/mol. The second-order valence-corrected chi connectivity index (χ2v) is 7.74. The van der Waals surface area contributed by atoms with Gasteiger partial charge in [-0.15, -0.1) is 0 Å². The van der Waals surface area contributed by atoms with Gasteiger partial charge in [-0.1, -0.05) is 48.5 Å². The molecule has 30 heavy (non-hydrogen) atoms. The van der Waals surface area contributed by atoms with Crippen molar-refractivity contribution >= 4 is 11.7 Å². The maximum atomic E-state index is 12.3. The van der Waals surface area contributed by atoms with Crippen molar-refractivity contribution in [3.63, 3.8) is 0 Å². The van der Waals surface area contributed by atoms with Gasteiger partial charge in [0.1, 0.15) is 5.75 Å². The van der Waals surface area contributed by atoms with Gasteiger partial charge < -0.3 is 10.1 Å². The number of carbonyl (C=O) groups excluding carboxylic acids is 1. The number of aromatic amines is 1. The van der Waals surface area contributed by atoms with E-state index in [0.29, 0.717) is 25.3 Å². The van der Waals surface area contributed by atoms with Crippen molar-refractivity contribution in [2.75, 3.05) is 18.5 Å². The van der Waals surface area contributed by atoms with Gasteiger partial charge in [0, 0.05) is 31.6 Å². The first-order chi connectivity index (χ1) is 14.7. The number of nitrogens with zero attached hydrogens (tertiary/aromatic N) is 2. The number of fused-ring (bicyclic) bond motifs is 1. The van der Waals surface area contributed by atoms with Crippen LogP contribution in [-0.2, 0) is 24.3 Å². The van der Waals surface area contributed by atoms with Crippen molar-refractivity contribution in [2.45, 2.75) is 39.3 Å². The second kappa shape index (κ2) is 9.59. The van der Waals surface area contributed by atoms with Crippen molar-refractivity contribution in [1.82, 2.24) is 15.1 Å². The van der Waals surface area contributed by atoms with Crippen LogP contribution in [0, 0.1) is 6.92 Å². The average molecular weight is 405 g/mol. The number of benzene rings is 2. The summed E-state index contributed by atoms with van der Waals surface area (Å²) in [5.41, 5.74) is 4.63. The van der Waals surface area contributed by atoms with E-state index >= 15 is 0 Å². The summed E-state index contributed by atoms with van der Waals surface area (Å²) in [5.74, 6) is 1.53. The summed E-state index contributed by atoms with van der Waals surface area (Å²) in [6, 6.07) is 18.4.